The third-order valence-electron chi connectivity index (χ3n) is 6.17. The van der Waals surface area contributed by atoms with E-state index in [1.54, 1.807) is 30.3 Å². The van der Waals surface area contributed by atoms with E-state index in [0.29, 0.717) is 11.3 Å². The standard InChI is InChI=1S/C25H31NO5/c1-24(2)14-19(15-25(3,4)26(24)5)31-22(28)16-30-18-11-12-20(21(27)13-18)23(29)17-9-7-6-8-10-17/h6-13,19,27H,14-16H2,1-5H3. The molecule has 0 aromatic heterocycles. The van der Waals surface area contributed by atoms with Gasteiger partial charge in [0.25, 0.3) is 0 Å². The maximum absolute atomic E-state index is 12.5. The van der Waals surface area contributed by atoms with Gasteiger partial charge in [-0.1, -0.05) is 30.3 Å². The highest BCUT2D eigenvalue weighted by atomic mass is 16.6. The fourth-order valence-electron chi connectivity index (χ4n) is 4.26. The van der Waals surface area contributed by atoms with Crippen LogP contribution in [0.15, 0.2) is 48.5 Å². The molecule has 1 N–H and O–H groups in total. The first-order valence-corrected chi connectivity index (χ1v) is 10.5. The molecule has 2 aromatic rings. The topological polar surface area (TPSA) is 76.1 Å². The summed E-state index contributed by atoms with van der Waals surface area (Å²) in [5.74, 6) is -0.636. The zero-order valence-corrected chi connectivity index (χ0v) is 18.8. The van der Waals surface area contributed by atoms with Crippen molar-refractivity contribution in [2.45, 2.75) is 57.7 Å². The number of carbonyl (C=O) groups excluding carboxylic acids is 2. The number of aromatic hydroxyl groups is 1. The van der Waals surface area contributed by atoms with Gasteiger partial charge in [0, 0.05) is 35.5 Å². The largest absolute Gasteiger partial charge is 0.507 e. The number of carbonyl (C=O) groups is 2. The number of phenols is 1. The first-order chi connectivity index (χ1) is 14.5. The molecular weight excluding hydrogens is 394 g/mol. The minimum atomic E-state index is -0.454. The molecule has 1 heterocycles. The van der Waals surface area contributed by atoms with E-state index in [1.165, 1.54) is 12.1 Å². The maximum Gasteiger partial charge on any atom is 0.344 e. The van der Waals surface area contributed by atoms with Crippen LogP contribution in [0.25, 0.3) is 0 Å². The summed E-state index contributed by atoms with van der Waals surface area (Å²) in [6.07, 6.45) is 1.31. The van der Waals surface area contributed by atoms with Crippen LogP contribution in [0.4, 0.5) is 0 Å². The number of ether oxygens (including phenoxy) is 2. The van der Waals surface area contributed by atoms with E-state index >= 15 is 0 Å². The lowest BCUT2D eigenvalue weighted by molar-refractivity contribution is -0.161. The molecular formula is C25H31NO5. The van der Waals surface area contributed by atoms with Gasteiger partial charge >= 0.3 is 5.97 Å². The molecule has 0 bridgehead atoms. The van der Waals surface area contributed by atoms with Crippen molar-refractivity contribution < 1.29 is 24.2 Å². The molecule has 0 saturated carbocycles. The van der Waals surface area contributed by atoms with E-state index in [9.17, 15) is 14.7 Å². The minimum Gasteiger partial charge on any atom is -0.507 e. The highest BCUT2D eigenvalue weighted by Gasteiger charge is 2.44. The first-order valence-electron chi connectivity index (χ1n) is 10.5. The number of hydrogen-bond donors (Lipinski definition) is 1. The van der Waals surface area contributed by atoms with E-state index in [0.717, 1.165) is 12.8 Å². The van der Waals surface area contributed by atoms with Crippen molar-refractivity contribution >= 4 is 11.8 Å². The normalized spacial score (nSPS) is 18.4. The Bertz CT molecular complexity index is 934. The molecule has 1 aliphatic heterocycles. The molecule has 0 amide bonds. The summed E-state index contributed by atoms with van der Waals surface area (Å²) in [6.45, 7) is 8.32. The van der Waals surface area contributed by atoms with Crippen LogP contribution in [-0.2, 0) is 9.53 Å². The number of hydrogen-bond acceptors (Lipinski definition) is 6. The Labute approximate surface area is 183 Å². The van der Waals surface area contributed by atoms with Crippen molar-refractivity contribution in [2.24, 2.45) is 0 Å². The number of rotatable bonds is 6. The lowest BCUT2D eigenvalue weighted by Crippen LogP contribution is -2.60. The third-order valence-corrected chi connectivity index (χ3v) is 6.17. The Kier molecular flexibility index (Phi) is 6.41. The van der Waals surface area contributed by atoms with Gasteiger partial charge in [-0.25, -0.2) is 4.79 Å². The number of nitrogens with zero attached hydrogens (tertiary/aromatic N) is 1. The lowest BCUT2D eigenvalue weighted by Gasteiger charge is -2.53. The predicted octanol–water partition coefficient (Wildman–Crippen LogP) is 4.20. The third kappa shape index (κ3) is 5.25. The van der Waals surface area contributed by atoms with Gasteiger partial charge in [-0.3, -0.25) is 9.69 Å². The van der Waals surface area contributed by atoms with E-state index < -0.39 is 5.97 Å². The number of esters is 1. The van der Waals surface area contributed by atoms with Gasteiger partial charge in [0.2, 0.25) is 0 Å². The lowest BCUT2D eigenvalue weighted by atomic mass is 9.79. The van der Waals surface area contributed by atoms with Crippen LogP contribution in [0.3, 0.4) is 0 Å². The zero-order chi connectivity index (χ0) is 22.8. The maximum atomic E-state index is 12.5. The molecule has 0 radical (unpaired) electrons. The first kappa shape index (κ1) is 22.8. The quantitative estimate of drug-likeness (QED) is 0.552. The fourth-order valence-corrected chi connectivity index (χ4v) is 4.26. The van der Waals surface area contributed by atoms with Crippen molar-refractivity contribution in [2.75, 3.05) is 13.7 Å². The van der Waals surface area contributed by atoms with Crippen LogP contribution < -0.4 is 4.74 Å². The molecule has 1 aliphatic rings. The van der Waals surface area contributed by atoms with Gasteiger partial charge in [0.15, 0.2) is 12.4 Å². The average molecular weight is 426 g/mol. The summed E-state index contributed by atoms with van der Waals surface area (Å²) in [4.78, 5) is 27.2. The highest BCUT2D eigenvalue weighted by molar-refractivity contribution is 6.10. The number of piperidine rings is 1. The summed E-state index contributed by atoms with van der Waals surface area (Å²) in [7, 11) is 2.10. The smallest absolute Gasteiger partial charge is 0.344 e. The Balaban J connectivity index is 1.58. The number of likely N-dealkylation sites (tertiary alicyclic amines) is 1. The molecule has 1 fully saturated rings. The summed E-state index contributed by atoms with van der Waals surface area (Å²) < 4.78 is 11.2. The highest BCUT2D eigenvalue weighted by Crippen LogP contribution is 2.38. The number of benzene rings is 2. The summed E-state index contributed by atoms with van der Waals surface area (Å²) in [5.41, 5.74) is 0.497. The Morgan fingerprint density at radius 2 is 1.65 bits per heavy atom. The van der Waals surface area contributed by atoms with Crippen molar-refractivity contribution in [3.8, 4) is 11.5 Å². The zero-order valence-electron chi connectivity index (χ0n) is 18.8. The van der Waals surface area contributed by atoms with Crippen LogP contribution in [-0.4, -0.2) is 52.6 Å². The predicted molar refractivity (Wildman–Crippen MR) is 119 cm³/mol. The molecule has 0 unspecified atom stereocenters. The van der Waals surface area contributed by atoms with E-state index in [4.69, 9.17) is 9.47 Å². The number of phenolic OH excluding ortho intramolecular Hbond substituents is 1. The monoisotopic (exact) mass is 425 g/mol. The van der Waals surface area contributed by atoms with Crippen LogP contribution in [0, 0.1) is 0 Å². The number of ketones is 1. The second-order valence-electron chi connectivity index (χ2n) is 9.37. The molecule has 0 aliphatic carbocycles. The summed E-state index contributed by atoms with van der Waals surface area (Å²) >= 11 is 0. The van der Waals surface area contributed by atoms with Gasteiger partial charge in [0.05, 0.1) is 5.56 Å². The van der Waals surface area contributed by atoms with Gasteiger partial charge in [-0.2, -0.15) is 0 Å². The van der Waals surface area contributed by atoms with Crippen molar-refractivity contribution in [3.63, 3.8) is 0 Å². The van der Waals surface area contributed by atoms with Crippen LogP contribution in [0.2, 0.25) is 0 Å². The van der Waals surface area contributed by atoms with Crippen LogP contribution in [0.5, 0.6) is 11.5 Å². The molecule has 0 spiro atoms. The molecule has 31 heavy (non-hydrogen) atoms. The van der Waals surface area contributed by atoms with Gasteiger partial charge in [-0.05, 0) is 46.9 Å². The molecule has 2 aromatic carbocycles. The Morgan fingerprint density at radius 3 is 2.23 bits per heavy atom. The van der Waals surface area contributed by atoms with E-state index in [2.05, 4.69) is 39.6 Å². The minimum absolute atomic E-state index is 0.0829. The molecule has 0 atom stereocenters. The van der Waals surface area contributed by atoms with Crippen molar-refractivity contribution in [3.05, 3.63) is 59.7 Å². The average Bonchev–Trinajstić information content (AvgIpc) is 2.70. The molecule has 3 rings (SSSR count). The van der Waals surface area contributed by atoms with Gasteiger partial charge in [0.1, 0.15) is 17.6 Å². The van der Waals surface area contributed by atoms with Crippen molar-refractivity contribution in [1.29, 1.82) is 0 Å². The van der Waals surface area contributed by atoms with Gasteiger partial charge in [-0.15, -0.1) is 0 Å². The van der Waals surface area contributed by atoms with Crippen LogP contribution in [0.1, 0.15) is 56.5 Å². The SMILES string of the molecule is CN1C(C)(C)CC(OC(=O)COc2ccc(C(=O)c3ccccc3)c(O)c2)CC1(C)C. The van der Waals surface area contributed by atoms with E-state index in [-0.39, 0.29) is 40.9 Å². The molecule has 1 saturated heterocycles. The fraction of sp³-hybridized carbons (Fsp3) is 0.440. The van der Waals surface area contributed by atoms with Crippen molar-refractivity contribution in [1.82, 2.24) is 4.90 Å². The summed E-state index contributed by atoms with van der Waals surface area (Å²) in [5, 5.41) is 10.3. The Hall–Kier alpha value is -2.86. The van der Waals surface area contributed by atoms with Gasteiger partial charge < -0.3 is 14.6 Å². The summed E-state index contributed by atoms with van der Waals surface area (Å²) in [6, 6.07) is 13.1. The second kappa shape index (κ2) is 8.71. The van der Waals surface area contributed by atoms with Crippen LogP contribution >= 0.6 is 0 Å². The molecule has 166 valence electrons. The second-order valence-corrected chi connectivity index (χ2v) is 9.37. The molecule has 6 heteroatoms. The Morgan fingerprint density at radius 1 is 1.03 bits per heavy atom. The van der Waals surface area contributed by atoms with E-state index in [1.807, 2.05) is 6.07 Å². The molecule has 6 nitrogen and oxygen atoms in total.